The van der Waals surface area contributed by atoms with Gasteiger partial charge in [0.1, 0.15) is 11.5 Å². The maximum absolute atomic E-state index is 12.4. The first-order valence-corrected chi connectivity index (χ1v) is 9.63. The number of oxazole rings is 1. The number of nitrogens with one attached hydrogen (secondary N) is 1. The molecular formula is C20H23N3O3S. The molecule has 0 unspecified atom stereocenters. The molecule has 0 fully saturated rings. The van der Waals surface area contributed by atoms with E-state index in [9.17, 15) is 4.79 Å². The largest absolute Gasteiger partial charge is 0.497 e. The van der Waals surface area contributed by atoms with Crippen molar-refractivity contribution in [2.75, 3.05) is 25.5 Å². The molecule has 0 saturated heterocycles. The number of rotatable bonds is 8. The Morgan fingerprint density at radius 1 is 1.30 bits per heavy atom. The predicted molar refractivity (Wildman–Crippen MR) is 107 cm³/mol. The summed E-state index contributed by atoms with van der Waals surface area (Å²) < 4.78 is 10.9. The van der Waals surface area contributed by atoms with E-state index in [-0.39, 0.29) is 12.5 Å². The lowest BCUT2D eigenvalue weighted by Gasteiger charge is -2.18. The molecule has 3 aromatic rings. The number of hydrogen-bond donors (Lipinski definition) is 1. The van der Waals surface area contributed by atoms with Gasteiger partial charge in [-0.05, 0) is 49.2 Å². The summed E-state index contributed by atoms with van der Waals surface area (Å²) in [6.45, 7) is 5.51. The van der Waals surface area contributed by atoms with Crippen LogP contribution in [-0.2, 0) is 11.3 Å². The van der Waals surface area contributed by atoms with Crippen molar-refractivity contribution < 1.29 is 13.9 Å². The number of anilines is 1. The van der Waals surface area contributed by atoms with Gasteiger partial charge in [-0.2, -0.15) is 0 Å². The molecule has 0 spiro atoms. The second-order valence-corrected chi connectivity index (χ2v) is 7.03. The highest BCUT2D eigenvalue weighted by Crippen LogP contribution is 2.26. The Hall–Kier alpha value is -2.64. The molecule has 3 rings (SSSR count). The second-order valence-electron chi connectivity index (χ2n) is 6.08. The minimum atomic E-state index is -0.0679. The van der Waals surface area contributed by atoms with Gasteiger partial charge in [0.2, 0.25) is 11.8 Å². The molecule has 0 radical (unpaired) electrons. The maximum Gasteiger partial charge on any atom is 0.238 e. The maximum atomic E-state index is 12.4. The monoisotopic (exact) mass is 385 g/mol. The van der Waals surface area contributed by atoms with Gasteiger partial charge >= 0.3 is 0 Å². The molecule has 0 atom stereocenters. The molecule has 142 valence electrons. The highest BCUT2D eigenvalue weighted by molar-refractivity contribution is 7.13. The third kappa shape index (κ3) is 4.96. The van der Waals surface area contributed by atoms with Crippen LogP contribution < -0.4 is 10.1 Å². The number of ether oxygens (including phenoxy) is 1. The molecule has 1 amide bonds. The summed E-state index contributed by atoms with van der Waals surface area (Å²) in [4.78, 5) is 20.0. The molecule has 0 bridgehead atoms. The SMILES string of the molecule is CCN(CC(=O)Nc1ccc(OC)cc1)Cc1nc(-c2cccs2)oc1C. The lowest BCUT2D eigenvalue weighted by Crippen LogP contribution is -2.33. The summed E-state index contributed by atoms with van der Waals surface area (Å²) in [6.07, 6.45) is 0. The summed E-state index contributed by atoms with van der Waals surface area (Å²) in [5.41, 5.74) is 1.60. The van der Waals surface area contributed by atoms with Crippen molar-refractivity contribution in [3.05, 3.63) is 53.2 Å². The van der Waals surface area contributed by atoms with Crippen molar-refractivity contribution in [2.45, 2.75) is 20.4 Å². The number of methoxy groups -OCH3 is 1. The fourth-order valence-corrected chi connectivity index (χ4v) is 3.30. The standard InChI is InChI=1S/C20H23N3O3S/c1-4-23(13-19(24)21-15-7-9-16(25-3)10-8-15)12-17-14(2)26-20(22-17)18-6-5-11-27-18/h5-11H,4,12-13H2,1-3H3,(H,21,24). The number of carbonyl (C=O) groups is 1. The zero-order chi connectivity index (χ0) is 19.2. The third-order valence-corrected chi connectivity index (χ3v) is 5.04. The predicted octanol–water partition coefficient (Wildman–Crippen LogP) is 4.18. The number of aryl methyl sites for hydroxylation is 1. The van der Waals surface area contributed by atoms with Gasteiger partial charge in [-0.3, -0.25) is 9.69 Å². The van der Waals surface area contributed by atoms with Crippen LogP contribution in [0, 0.1) is 6.92 Å². The van der Waals surface area contributed by atoms with Crippen LogP contribution in [0.1, 0.15) is 18.4 Å². The van der Waals surface area contributed by atoms with Gasteiger partial charge in [0.05, 0.1) is 24.2 Å². The summed E-state index contributed by atoms with van der Waals surface area (Å²) in [7, 11) is 1.61. The molecule has 0 saturated carbocycles. The average Bonchev–Trinajstić information content (AvgIpc) is 3.32. The van der Waals surface area contributed by atoms with E-state index in [0.29, 0.717) is 12.4 Å². The summed E-state index contributed by atoms with van der Waals surface area (Å²) in [5.74, 6) is 2.11. The van der Waals surface area contributed by atoms with Crippen molar-refractivity contribution in [1.29, 1.82) is 0 Å². The Balaban J connectivity index is 1.60. The molecule has 0 aliphatic heterocycles. The van der Waals surface area contributed by atoms with Gasteiger partial charge in [0, 0.05) is 12.2 Å². The molecule has 6 nitrogen and oxygen atoms in total. The van der Waals surface area contributed by atoms with Crippen LogP contribution in [0.5, 0.6) is 5.75 Å². The van der Waals surface area contributed by atoms with E-state index in [0.717, 1.165) is 34.3 Å². The average molecular weight is 385 g/mol. The Morgan fingerprint density at radius 2 is 2.07 bits per heavy atom. The van der Waals surface area contributed by atoms with E-state index in [4.69, 9.17) is 9.15 Å². The first kappa shape index (κ1) is 19.1. The van der Waals surface area contributed by atoms with E-state index in [1.165, 1.54) is 0 Å². The van der Waals surface area contributed by atoms with Crippen molar-refractivity contribution in [3.63, 3.8) is 0 Å². The van der Waals surface area contributed by atoms with Gasteiger partial charge in [-0.25, -0.2) is 4.98 Å². The molecule has 27 heavy (non-hydrogen) atoms. The van der Waals surface area contributed by atoms with Crippen molar-refractivity contribution in [3.8, 4) is 16.5 Å². The van der Waals surface area contributed by atoms with E-state index in [1.54, 1.807) is 18.4 Å². The van der Waals surface area contributed by atoms with Crippen molar-refractivity contribution in [1.82, 2.24) is 9.88 Å². The lowest BCUT2D eigenvalue weighted by atomic mass is 10.3. The number of hydrogen-bond acceptors (Lipinski definition) is 6. The highest BCUT2D eigenvalue weighted by atomic mass is 32.1. The van der Waals surface area contributed by atoms with Gasteiger partial charge in [0.25, 0.3) is 0 Å². The normalized spacial score (nSPS) is 11.0. The fourth-order valence-electron chi connectivity index (χ4n) is 2.65. The third-order valence-electron chi connectivity index (χ3n) is 4.19. The van der Waals surface area contributed by atoms with Gasteiger partial charge in [-0.1, -0.05) is 13.0 Å². The van der Waals surface area contributed by atoms with Crippen LogP contribution in [-0.4, -0.2) is 36.0 Å². The summed E-state index contributed by atoms with van der Waals surface area (Å²) in [5, 5.41) is 4.90. The smallest absolute Gasteiger partial charge is 0.238 e. The molecule has 1 N–H and O–H groups in total. The van der Waals surface area contributed by atoms with E-state index >= 15 is 0 Å². The zero-order valence-corrected chi connectivity index (χ0v) is 16.5. The number of likely N-dealkylation sites (N-methyl/N-ethyl adjacent to an activating group) is 1. The van der Waals surface area contributed by atoms with Crippen molar-refractivity contribution >= 4 is 22.9 Å². The Bertz CT molecular complexity index is 873. The van der Waals surface area contributed by atoms with Crippen LogP contribution in [0.2, 0.25) is 0 Å². The molecule has 2 heterocycles. The Labute approximate surface area is 162 Å². The molecular weight excluding hydrogens is 362 g/mol. The fraction of sp³-hybridized carbons (Fsp3) is 0.300. The molecule has 7 heteroatoms. The first-order valence-electron chi connectivity index (χ1n) is 8.75. The molecule has 2 aromatic heterocycles. The highest BCUT2D eigenvalue weighted by Gasteiger charge is 2.16. The van der Waals surface area contributed by atoms with Crippen molar-refractivity contribution in [2.24, 2.45) is 0 Å². The summed E-state index contributed by atoms with van der Waals surface area (Å²) >= 11 is 1.59. The van der Waals surface area contributed by atoms with Crippen LogP contribution in [0.4, 0.5) is 5.69 Å². The van der Waals surface area contributed by atoms with Gasteiger partial charge in [0.15, 0.2) is 0 Å². The van der Waals surface area contributed by atoms with Crippen LogP contribution in [0.3, 0.4) is 0 Å². The molecule has 0 aliphatic carbocycles. The topological polar surface area (TPSA) is 67.6 Å². The van der Waals surface area contributed by atoms with Gasteiger partial charge in [-0.15, -0.1) is 11.3 Å². The first-order chi connectivity index (χ1) is 13.1. The van der Waals surface area contributed by atoms with E-state index in [2.05, 4.69) is 10.3 Å². The van der Waals surface area contributed by atoms with Crippen LogP contribution >= 0.6 is 11.3 Å². The Kier molecular flexibility index (Phi) is 6.26. The van der Waals surface area contributed by atoms with Crippen LogP contribution in [0.25, 0.3) is 10.8 Å². The lowest BCUT2D eigenvalue weighted by molar-refractivity contribution is -0.117. The number of nitrogens with zero attached hydrogens (tertiary/aromatic N) is 2. The minimum Gasteiger partial charge on any atom is -0.497 e. The quantitative estimate of drug-likeness (QED) is 0.630. The van der Waals surface area contributed by atoms with E-state index in [1.807, 2.05) is 60.5 Å². The Morgan fingerprint density at radius 3 is 2.70 bits per heavy atom. The second kappa shape index (κ2) is 8.83. The molecule has 1 aromatic carbocycles. The zero-order valence-electron chi connectivity index (χ0n) is 15.7. The van der Waals surface area contributed by atoms with Gasteiger partial charge < -0.3 is 14.5 Å². The van der Waals surface area contributed by atoms with Crippen LogP contribution in [0.15, 0.2) is 46.2 Å². The van der Waals surface area contributed by atoms with E-state index < -0.39 is 0 Å². The number of aromatic nitrogens is 1. The number of thiophene rings is 1. The number of carbonyl (C=O) groups excluding carboxylic acids is 1. The minimum absolute atomic E-state index is 0.0679. The number of amides is 1. The molecule has 0 aliphatic rings. The summed E-state index contributed by atoms with van der Waals surface area (Å²) in [6, 6.07) is 11.2. The number of benzene rings is 1.